The van der Waals surface area contributed by atoms with Crippen molar-refractivity contribution >= 4 is 39.8 Å². The molecule has 0 bridgehead atoms. The maximum atomic E-state index is 10.5. The molecular weight excluding hydrogens is 267 g/mol. The molecule has 12 heavy (non-hydrogen) atoms. The average Bonchev–Trinajstić information content (AvgIpc) is 2.46. The van der Waals surface area contributed by atoms with Gasteiger partial charge in [0.1, 0.15) is 5.69 Å². The van der Waals surface area contributed by atoms with Crippen LogP contribution in [0.3, 0.4) is 0 Å². The van der Waals surface area contributed by atoms with Crippen LogP contribution in [-0.2, 0) is 0 Å². The zero-order chi connectivity index (χ0) is 8.55. The first-order chi connectivity index (χ1) is 5.81. The number of aromatic nitrogens is 2. The zero-order valence-corrected chi connectivity index (χ0v) is 8.20. The summed E-state index contributed by atoms with van der Waals surface area (Å²) in [6.07, 6.45) is 0.783. The molecule has 0 aliphatic heterocycles. The average molecular weight is 272 g/mol. The second-order valence-electron chi connectivity index (χ2n) is 2.42. The van der Waals surface area contributed by atoms with Crippen LogP contribution in [-0.4, -0.2) is 16.5 Å². The number of rotatable bonds is 1. The molecule has 0 unspecified atom stereocenters. The number of nitrogens with zero attached hydrogens (tertiary/aromatic N) is 1. The van der Waals surface area contributed by atoms with Crippen molar-refractivity contribution in [2.24, 2.45) is 0 Å². The normalized spacial score (nSPS) is 10.4. The van der Waals surface area contributed by atoms with E-state index in [1.807, 2.05) is 18.2 Å². The van der Waals surface area contributed by atoms with E-state index in [1.165, 1.54) is 0 Å². The van der Waals surface area contributed by atoms with Crippen LogP contribution < -0.4 is 0 Å². The molecule has 0 aliphatic rings. The van der Waals surface area contributed by atoms with Gasteiger partial charge in [-0.25, -0.2) is 0 Å². The highest BCUT2D eigenvalue weighted by molar-refractivity contribution is 14.1. The Balaban J connectivity index is 2.83. The van der Waals surface area contributed by atoms with Gasteiger partial charge in [-0.3, -0.25) is 9.89 Å². The Kier molecular flexibility index (Phi) is 1.84. The lowest BCUT2D eigenvalue weighted by Gasteiger charge is -1.89. The second kappa shape index (κ2) is 2.85. The first kappa shape index (κ1) is 7.72. The SMILES string of the molecule is O=Cc1[nH]nc2ccc(I)cc12. The van der Waals surface area contributed by atoms with E-state index in [4.69, 9.17) is 0 Å². The van der Waals surface area contributed by atoms with Gasteiger partial charge >= 0.3 is 0 Å². The van der Waals surface area contributed by atoms with Gasteiger partial charge in [-0.1, -0.05) is 0 Å². The van der Waals surface area contributed by atoms with Crippen molar-refractivity contribution in [1.29, 1.82) is 0 Å². The number of hydrogen-bond donors (Lipinski definition) is 1. The van der Waals surface area contributed by atoms with Gasteiger partial charge < -0.3 is 0 Å². The van der Waals surface area contributed by atoms with Gasteiger partial charge in [-0.05, 0) is 40.8 Å². The summed E-state index contributed by atoms with van der Waals surface area (Å²) in [6, 6.07) is 5.78. The predicted octanol–water partition coefficient (Wildman–Crippen LogP) is 1.98. The van der Waals surface area contributed by atoms with Crippen LogP contribution in [0.4, 0.5) is 0 Å². The standard InChI is InChI=1S/C8H5IN2O/c9-5-1-2-7-6(3-5)8(4-12)11-10-7/h1-4H,(H,10,11). The molecule has 3 nitrogen and oxygen atoms in total. The molecule has 0 radical (unpaired) electrons. The van der Waals surface area contributed by atoms with Gasteiger partial charge in [0.25, 0.3) is 0 Å². The molecule has 60 valence electrons. The van der Waals surface area contributed by atoms with Gasteiger partial charge in [0.2, 0.25) is 0 Å². The van der Waals surface area contributed by atoms with Crippen LogP contribution in [0.1, 0.15) is 10.5 Å². The zero-order valence-electron chi connectivity index (χ0n) is 6.04. The maximum Gasteiger partial charge on any atom is 0.168 e. The number of halogens is 1. The minimum Gasteiger partial charge on any atom is -0.296 e. The monoisotopic (exact) mass is 272 g/mol. The third-order valence-corrected chi connectivity index (χ3v) is 2.33. The maximum absolute atomic E-state index is 10.5. The summed E-state index contributed by atoms with van der Waals surface area (Å²) < 4.78 is 1.10. The van der Waals surface area contributed by atoms with Gasteiger partial charge in [0.15, 0.2) is 6.29 Å². The van der Waals surface area contributed by atoms with E-state index in [-0.39, 0.29) is 0 Å². The van der Waals surface area contributed by atoms with E-state index in [1.54, 1.807) is 0 Å². The number of hydrogen-bond acceptors (Lipinski definition) is 2. The topological polar surface area (TPSA) is 45.8 Å². The van der Waals surface area contributed by atoms with Crippen LogP contribution in [0.5, 0.6) is 0 Å². The number of aromatic amines is 1. The van der Waals surface area contributed by atoms with Crippen LogP contribution in [0, 0.1) is 3.57 Å². The van der Waals surface area contributed by atoms with E-state index in [9.17, 15) is 4.79 Å². The second-order valence-corrected chi connectivity index (χ2v) is 3.66. The van der Waals surface area contributed by atoms with Crippen molar-refractivity contribution < 1.29 is 4.79 Å². The van der Waals surface area contributed by atoms with E-state index >= 15 is 0 Å². The molecule has 0 spiro atoms. The van der Waals surface area contributed by atoms with E-state index < -0.39 is 0 Å². The number of nitrogens with one attached hydrogen (secondary N) is 1. The predicted molar refractivity (Wildman–Crippen MR) is 54.2 cm³/mol. The number of H-pyrrole nitrogens is 1. The molecule has 1 aromatic heterocycles. The third-order valence-electron chi connectivity index (χ3n) is 1.66. The van der Waals surface area contributed by atoms with E-state index in [0.717, 1.165) is 20.8 Å². The molecule has 0 fully saturated rings. The highest BCUT2D eigenvalue weighted by Gasteiger charge is 2.03. The Morgan fingerprint density at radius 3 is 3.08 bits per heavy atom. The highest BCUT2D eigenvalue weighted by Crippen LogP contribution is 2.17. The minimum atomic E-state index is 0.545. The van der Waals surface area contributed by atoms with Gasteiger partial charge in [0.05, 0.1) is 5.52 Å². The first-order valence-corrected chi connectivity index (χ1v) is 4.48. The fourth-order valence-electron chi connectivity index (χ4n) is 1.09. The molecular formula is C8H5IN2O. The van der Waals surface area contributed by atoms with Crippen LogP contribution in [0.2, 0.25) is 0 Å². The molecule has 0 saturated carbocycles. The number of carbonyl (C=O) groups excluding carboxylic acids is 1. The summed E-state index contributed by atoms with van der Waals surface area (Å²) in [7, 11) is 0. The molecule has 1 heterocycles. The molecule has 2 aromatic rings. The van der Waals surface area contributed by atoms with Crippen LogP contribution in [0.15, 0.2) is 18.2 Å². The van der Waals surface area contributed by atoms with Crippen molar-refractivity contribution in [3.05, 3.63) is 27.5 Å². The Morgan fingerprint density at radius 2 is 2.33 bits per heavy atom. The highest BCUT2D eigenvalue weighted by atomic mass is 127. The minimum absolute atomic E-state index is 0.545. The lowest BCUT2D eigenvalue weighted by atomic mass is 10.2. The molecule has 0 amide bonds. The van der Waals surface area contributed by atoms with Gasteiger partial charge in [-0.2, -0.15) is 5.10 Å². The lowest BCUT2D eigenvalue weighted by Crippen LogP contribution is -1.78. The van der Waals surface area contributed by atoms with Crippen molar-refractivity contribution in [3.63, 3.8) is 0 Å². The quantitative estimate of drug-likeness (QED) is 0.637. The van der Waals surface area contributed by atoms with Crippen LogP contribution >= 0.6 is 22.6 Å². The summed E-state index contributed by atoms with van der Waals surface area (Å²) in [6.45, 7) is 0. The number of fused-ring (bicyclic) bond motifs is 1. The number of aldehydes is 1. The van der Waals surface area contributed by atoms with E-state index in [0.29, 0.717) is 5.69 Å². The summed E-state index contributed by atoms with van der Waals surface area (Å²) in [5, 5.41) is 7.53. The molecule has 1 N–H and O–H groups in total. The first-order valence-electron chi connectivity index (χ1n) is 3.40. The Hall–Kier alpha value is -0.910. The number of benzene rings is 1. The van der Waals surface area contributed by atoms with Gasteiger partial charge in [0, 0.05) is 8.96 Å². The molecule has 0 aliphatic carbocycles. The molecule has 4 heteroatoms. The van der Waals surface area contributed by atoms with Gasteiger partial charge in [-0.15, -0.1) is 0 Å². The van der Waals surface area contributed by atoms with Crippen molar-refractivity contribution in [2.45, 2.75) is 0 Å². The third kappa shape index (κ3) is 1.12. The summed E-state index contributed by atoms with van der Waals surface area (Å²) >= 11 is 2.20. The van der Waals surface area contributed by atoms with E-state index in [2.05, 4.69) is 32.8 Å². The van der Waals surface area contributed by atoms with Crippen molar-refractivity contribution in [2.75, 3.05) is 0 Å². The summed E-state index contributed by atoms with van der Waals surface area (Å²) in [5.74, 6) is 0. The molecule has 1 aromatic carbocycles. The van der Waals surface area contributed by atoms with Crippen molar-refractivity contribution in [1.82, 2.24) is 10.2 Å². The fraction of sp³-hybridized carbons (Fsp3) is 0. The molecule has 0 atom stereocenters. The summed E-state index contributed by atoms with van der Waals surface area (Å²) in [5.41, 5.74) is 1.38. The number of carbonyl (C=O) groups is 1. The fourth-order valence-corrected chi connectivity index (χ4v) is 1.58. The summed E-state index contributed by atoms with van der Waals surface area (Å²) in [4.78, 5) is 10.5. The smallest absolute Gasteiger partial charge is 0.168 e. The Bertz CT molecular complexity index is 436. The molecule has 2 rings (SSSR count). The lowest BCUT2D eigenvalue weighted by molar-refractivity contribution is 0.112. The van der Waals surface area contributed by atoms with Crippen molar-refractivity contribution in [3.8, 4) is 0 Å². The largest absolute Gasteiger partial charge is 0.296 e. The Morgan fingerprint density at radius 1 is 1.50 bits per heavy atom. The Labute approximate surface area is 82.3 Å². The van der Waals surface area contributed by atoms with Crippen LogP contribution in [0.25, 0.3) is 10.9 Å². The molecule has 0 saturated heterocycles.